The van der Waals surface area contributed by atoms with Gasteiger partial charge < -0.3 is 9.47 Å². The molecule has 0 saturated carbocycles. The Hall–Kier alpha value is -4.06. The molecule has 2 amide bonds. The van der Waals surface area contributed by atoms with Crippen molar-refractivity contribution in [3.63, 3.8) is 0 Å². The summed E-state index contributed by atoms with van der Waals surface area (Å²) in [5.74, 6) is 0.598. The Balaban J connectivity index is 1.39. The van der Waals surface area contributed by atoms with E-state index in [-0.39, 0.29) is 5.57 Å². The minimum atomic E-state index is -0.444. The van der Waals surface area contributed by atoms with Crippen LogP contribution in [0.25, 0.3) is 6.08 Å². The van der Waals surface area contributed by atoms with E-state index in [1.807, 2.05) is 73.7 Å². The van der Waals surface area contributed by atoms with Crippen molar-refractivity contribution in [2.45, 2.75) is 13.3 Å². The molecule has 0 radical (unpaired) electrons. The molecule has 1 aliphatic rings. The molecule has 1 aliphatic heterocycles. The van der Waals surface area contributed by atoms with E-state index in [1.54, 1.807) is 18.2 Å². The third kappa shape index (κ3) is 4.98. The number of rotatable bonds is 8. The summed E-state index contributed by atoms with van der Waals surface area (Å²) in [4.78, 5) is 25.2. The summed E-state index contributed by atoms with van der Waals surface area (Å²) in [5, 5.41) is 1.25. The number of amides is 2. The standard InChI is InChI=1S/C26H24N2O4/c1-19-9-7-13-22(17-19)31-15-8-16-32-24-14-6-5-10-20(24)18-23-25(29)27-28(26(23)30)21-11-3-2-4-12-21/h2-7,9-14,17-18H,8,15-16H2,1H3,(H,27,29). The number of para-hydroxylation sites is 2. The Morgan fingerprint density at radius 2 is 1.62 bits per heavy atom. The third-order valence-corrected chi connectivity index (χ3v) is 4.93. The summed E-state index contributed by atoms with van der Waals surface area (Å²) in [7, 11) is 0. The fourth-order valence-electron chi connectivity index (χ4n) is 3.34. The molecule has 6 nitrogen and oxygen atoms in total. The maximum atomic E-state index is 12.8. The van der Waals surface area contributed by atoms with Crippen LogP contribution in [0.2, 0.25) is 0 Å². The SMILES string of the molecule is Cc1cccc(OCCCOc2ccccc2C=C2C(=O)NN(c3ccccc3)C2=O)c1. The Labute approximate surface area is 187 Å². The van der Waals surface area contributed by atoms with Crippen LogP contribution in [0.3, 0.4) is 0 Å². The first-order chi connectivity index (χ1) is 15.6. The number of carbonyl (C=O) groups excluding carboxylic acids is 2. The number of carbonyl (C=O) groups is 2. The average Bonchev–Trinajstić information content (AvgIpc) is 3.09. The van der Waals surface area contributed by atoms with Gasteiger partial charge in [0.15, 0.2) is 0 Å². The largest absolute Gasteiger partial charge is 0.493 e. The van der Waals surface area contributed by atoms with Crippen LogP contribution in [-0.4, -0.2) is 25.0 Å². The lowest BCUT2D eigenvalue weighted by atomic mass is 10.1. The predicted octanol–water partition coefficient (Wildman–Crippen LogP) is 4.30. The van der Waals surface area contributed by atoms with E-state index in [9.17, 15) is 9.59 Å². The molecule has 162 valence electrons. The average molecular weight is 428 g/mol. The second-order valence-electron chi connectivity index (χ2n) is 7.38. The molecule has 0 aromatic heterocycles. The molecule has 6 heteroatoms. The molecule has 3 aromatic carbocycles. The molecule has 1 saturated heterocycles. The first kappa shape index (κ1) is 21.2. The van der Waals surface area contributed by atoms with Gasteiger partial charge in [-0.15, -0.1) is 0 Å². The lowest BCUT2D eigenvalue weighted by Gasteiger charge is -2.14. The smallest absolute Gasteiger partial charge is 0.282 e. The van der Waals surface area contributed by atoms with E-state index in [0.29, 0.717) is 36.6 Å². The normalized spacial score (nSPS) is 14.5. The Kier molecular flexibility index (Phi) is 6.51. The number of aryl methyl sites for hydroxylation is 1. The van der Waals surface area contributed by atoms with E-state index < -0.39 is 11.8 Å². The third-order valence-electron chi connectivity index (χ3n) is 4.93. The number of nitrogens with one attached hydrogen (secondary N) is 1. The molecule has 1 heterocycles. The van der Waals surface area contributed by atoms with Gasteiger partial charge in [0.25, 0.3) is 11.8 Å². The summed E-state index contributed by atoms with van der Waals surface area (Å²) < 4.78 is 11.7. The molecular weight excluding hydrogens is 404 g/mol. The number of anilines is 1. The van der Waals surface area contributed by atoms with E-state index in [0.717, 1.165) is 11.3 Å². The number of ether oxygens (including phenoxy) is 2. The van der Waals surface area contributed by atoms with Crippen LogP contribution < -0.4 is 19.9 Å². The van der Waals surface area contributed by atoms with Gasteiger partial charge >= 0.3 is 0 Å². The van der Waals surface area contributed by atoms with Gasteiger partial charge in [0, 0.05) is 12.0 Å². The van der Waals surface area contributed by atoms with Gasteiger partial charge in [-0.05, 0) is 48.9 Å². The molecule has 0 aliphatic carbocycles. The van der Waals surface area contributed by atoms with Gasteiger partial charge in [0.05, 0.1) is 18.9 Å². The van der Waals surface area contributed by atoms with Crippen molar-refractivity contribution in [2.24, 2.45) is 0 Å². The zero-order valence-electron chi connectivity index (χ0n) is 17.8. The Morgan fingerprint density at radius 1 is 0.875 bits per heavy atom. The fraction of sp³-hybridized carbons (Fsp3) is 0.154. The van der Waals surface area contributed by atoms with Gasteiger partial charge in [0.2, 0.25) is 0 Å². The molecule has 0 bridgehead atoms. The maximum Gasteiger partial charge on any atom is 0.282 e. The number of hydrogen-bond acceptors (Lipinski definition) is 4. The van der Waals surface area contributed by atoms with Crippen LogP contribution in [0, 0.1) is 6.92 Å². The van der Waals surface area contributed by atoms with Crippen molar-refractivity contribution < 1.29 is 19.1 Å². The lowest BCUT2D eigenvalue weighted by molar-refractivity contribution is -0.117. The Morgan fingerprint density at radius 3 is 2.44 bits per heavy atom. The topological polar surface area (TPSA) is 67.9 Å². The second-order valence-corrected chi connectivity index (χ2v) is 7.38. The molecular formula is C26H24N2O4. The van der Waals surface area contributed by atoms with Crippen LogP contribution in [0.4, 0.5) is 5.69 Å². The lowest BCUT2D eigenvalue weighted by Crippen LogP contribution is -2.35. The van der Waals surface area contributed by atoms with E-state index in [1.165, 1.54) is 5.01 Å². The number of hydrazine groups is 1. The summed E-state index contributed by atoms with van der Waals surface area (Å²) in [5.41, 5.74) is 5.09. The molecule has 4 rings (SSSR count). The fourth-order valence-corrected chi connectivity index (χ4v) is 3.34. The van der Waals surface area contributed by atoms with Crippen molar-refractivity contribution >= 4 is 23.6 Å². The number of hydrogen-bond donors (Lipinski definition) is 1. The van der Waals surface area contributed by atoms with Crippen molar-refractivity contribution in [2.75, 3.05) is 18.2 Å². The van der Waals surface area contributed by atoms with Crippen molar-refractivity contribution in [1.29, 1.82) is 0 Å². The van der Waals surface area contributed by atoms with Crippen LogP contribution in [0.5, 0.6) is 11.5 Å². The summed E-state index contributed by atoms with van der Waals surface area (Å²) >= 11 is 0. The van der Waals surface area contributed by atoms with E-state index in [2.05, 4.69) is 5.43 Å². The molecule has 1 fully saturated rings. The summed E-state index contributed by atoms with van der Waals surface area (Å²) in [6, 6.07) is 24.2. The molecule has 0 spiro atoms. The zero-order chi connectivity index (χ0) is 22.3. The van der Waals surface area contributed by atoms with Crippen molar-refractivity contribution in [3.8, 4) is 11.5 Å². The highest BCUT2D eigenvalue weighted by Gasteiger charge is 2.34. The molecule has 32 heavy (non-hydrogen) atoms. The highest BCUT2D eigenvalue weighted by molar-refractivity contribution is 6.31. The van der Waals surface area contributed by atoms with Gasteiger partial charge in [-0.2, -0.15) is 0 Å². The molecule has 0 atom stereocenters. The van der Waals surface area contributed by atoms with Crippen LogP contribution in [-0.2, 0) is 9.59 Å². The van der Waals surface area contributed by atoms with E-state index >= 15 is 0 Å². The first-order valence-corrected chi connectivity index (χ1v) is 10.5. The zero-order valence-corrected chi connectivity index (χ0v) is 17.8. The predicted molar refractivity (Wildman–Crippen MR) is 123 cm³/mol. The molecule has 1 N–H and O–H groups in total. The summed E-state index contributed by atoms with van der Waals surface area (Å²) in [6.07, 6.45) is 2.26. The van der Waals surface area contributed by atoms with Gasteiger partial charge in [-0.3, -0.25) is 15.0 Å². The van der Waals surface area contributed by atoms with Crippen LogP contribution in [0.1, 0.15) is 17.5 Å². The van der Waals surface area contributed by atoms with Gasteiger partial charge in [0.1, 0.15) is 17.1 Å². The summed E-state index contributed by atoms with van der Waals surface area (Å²) in [6.45, 7) is 3.00. The minimum absolute atomic E-state index is 0.0627. The quantitative estimate of drug-likeness (QED) is 0.330. The van der Waals surface area contributed by atoms with Crippen LogP contribution >= 0.6 is 0 Å². The minimum Gasteiger partial charge on any atom is -0.493 e. The first-order valence-electron chi connectivity index (χ1n) is 10.5. The number of benzene rings is 3. The second kappa shape index (κ2) is 9.83. The maximum absolute atomic E-state index is 12.8. The van der Waals surface area contributed by atoms with Crippen LogP contribution in [0.15, 0.2) is 84.4 Å². The van der Waals surface area contributed by atoms with Gasteiger partial charge in [-0.25, -0.2) is 5.01 Å². The monoisotopic (exact) mass is 428 g/mol. The van der Waals surface area contributed by atoms with Crippen molar-refractivity contribution in [3.05, 3.63) is 95.6 Å². The molecule has 0 unspecified atom stereocenters. The van der Waals surface area contributed by atoms with Gasteiger partial charge in [-0.1, -0.05) is 48.5 Å². The highest BCUT2D eigenvalue weighted by Crippen LogP contribution is 2.25. The van der Waals surface area contributed by atoms with Crippen molar-refractivity contribution in [1.82, 2.24) is 5.43 Å². The Bertz CT molecular complexity index is 1140. The molecule has 3 aromatic rings. The highest BCUT2D eigenvalue weighted by atomic mass is 16.5. The van der Waals surface area contributed by atoms with E-state index in [4.69, 9.17) is 9.47 Å². The number of nitrogens with zero attached hydrogens (tertiary/aromatic N) is 1.